The molecule has 2 heterocycles. The van der Waals surface area contributed by atoms with Crippen LogP contribution in [-0.2, 0) is 17.9 Å². The number of nitrogens with zero attached hydrogens (tertiary/aromatic N) is 3. The molecular formula is C19H22FN3O2S. The molecule has 0 spiro atoms. The van der Waals surface area contributed by atoms with Gasteiger partial charge in [0.1, 0.15) is 5.82 Å². The minimum atomic E-state index is -0.265. The van der Waals surface area contributed by atoms with Crippen LogP contribution < -0.4 is 10.5 Å². The number of hydrogen-bond acceptors (Lipinski definition) is 5. The summed E-state index contributed by atoms with van der Waals surface area (Å²) in [7, 11) is 0. The number of benzene rings is 1. The Morgan fingerprint density at radius 3 is 2.65 bits per heavy atom. The van der Waals surface area contributed by atoms with E-state index in [4.69, 9.17) is 4.74 Å². The van der Waals surface area contributed by atoms with E-state index in [-0.39, 0.29) is 11.4 Å². The molecule has 0 radical (unpaired) electrons. The van der Waals surface area contributed by atoms with E-state index >= 15 is 0 Å². The molecule has 0 fully saturated rings. The molecule has 0 bridgehead atoms. The predicted molar refractivity (Wildman–Crippen MR) is 103 cm³/mol. The molecule has 0 amide bonds. The summed E-state index contributed by atoms with van der Waals surface area (Å²) in [5.74, 6) is -0.265. The summed E-state index contributed by atoms with van der Waals surface area (Å²) in [4.78, 5) is 21.1. The Bertz CT molecular complexity index is 950. The summed E-state index contributed by atoms with van der Waals surface area (Å²) in [6, 6.07) is 7.92. The fraction of sp³-hybridized carbons (Fsp3) is 0.368. The number of halogens is 1. The van der Waals surface area contributed by atoms with E-state index in [2.05, 4.69) is 9.88 Å². The first-order chi connectivity index (χ1) is 12.5. The highest BCUT2D eigenvalue weighted by Gasteiger charge is 2.14. The zero-order valence-electron chi connectivity index (χ0n) is 15.2. The molecule has 5 nitrogen and oxygen atoms in total. The second-order valence-corrected chi connectivity index (χ2v) is 7.12. The van der Waals surface area contributed by atoms with Gasteiger partial charge in [-0.1, -0.05) is 0 Å². The minimum absolute atomic E-state index is 0.0980. The lowest BCUT2D eigenvalue weighted by atomic mass is 10.2. The number of thiazole rings is 1. The zero-order valence-corrected chi connectivity index (χ0v) is 16.0. The number of rotatable bonds is 7. The first-order valence-corrected chi connectivity index (χ1v) is 9.44. The van der Waals surface area contributed by atoms with Crippen molar-refractivity contribution >= 4 is 22.0 Å². The SMILES string of the molecule is CCOCc1c(C)sc2nc(CN(CC)c3ccc(F)cc3)cc(=O)n12. The van der Waals surface area contributed by atoms with Crippen molar-refractivity contribution in [3.8, 4) is 0 Å². The maximum absolute atomic E-state index is 13.2. The predicted octanol–water partition coefficient (Wildman–Crippen LogP) is 3.77. The summed E-state index contributed by atoms with van der Waals surface area (Å²) < 4.78 is 20.3. The molecule has 0 aliphatic carbocycles. The van der Waals surface area contributed by atoms with E-state index in [1.165, 1.54) is 23.5 Å². The molecule has 0 N–H and O–H groups in total. The Morgan fingerprint density at radius 2 is 2.00 bits per heavy atom. The summed E-state index contributed by atoms with van der Waals surface area (Å²) >= 11 is 1.49. The summed E-state index contributed by atoms with van der Waals surface area (Å²) in [6.07, 6.45) is 0. The van der Waals surface area contributed by atoms with Crippen LogP contribution in [0, 0.1) is 12.7 Å². The Kier molecular flexibility index (Phi) is 5.68. The van der Waals surface area contributed by atoms with Crippen molar-refractivity contribution in [2.45, 2.75) is 33.9 Å². The molecule has 2 aromatic heterocycles. The molecule has 0 saturated carbocycles. The molecule has 0 saturated heterocycles. The van der Waals surface area contributed by atoms with Gasteiger partial charge in [-0.25, -0.2) is 9.37 Å². The molecule has 0 unspecified atom stereocenters. The average molecular weight is 375 g/mol. The number of fused-ring (bicyclic) bond motifs is 1. The van der Waals surface area contributed by atoms with Crippen molar-refractivity contribution in [2.75, 3.05) is 18.1 Å². The Hall–Kier alpha value is -2.25. The average Bonchev–Trinajstić information content (AvgIpc) is 2.94. The van der Waals surface area contributed by atoms with Gasteiger partial charge in [-0.05, 0) is 45.0 Å². The monoisotopic (exact) mass is 375 g/mol. The second kappa shape index (κ2) is 7.97. The van der Waals surface area contributed by atoms with Crippen molar-refractivity contribution in [1.82, 2.24) is 9.38 Å². The van der Waals surface area contributed by atoms with E-state index in [0.29, 0.717) is 30.4 Å². The topological polar surface area (TPSA) is 46.8 Å². The lowest BCUT2D eigenvalue weighted by molar-refractivity contribution is 0.130. The van der Waals surface area contributed by atoms with E-state index in [9.17, 15) is 9.18 Å². The molecule has 1 aromatic carbocycles. The van der Waals surface area contributed by atoms with Crippen LogP contribution in [0.5, 0.6) is 0 Å². The zero-order chi connectivity index (χ0) is 18.7. The Balaban J connectivity index is 1.93. The van der Waals surface area contributed by atoms with Gasteiger partial charge in [0, 0.05) is 29.8 Å². The number of anilines is 1. The number of ether oxygens (including phenoxy) is 1. The maximum atomic E-state index is 13.2. The van der Waals surface area contributed by atoms with Crippen molar-refractivity contribution < 1.29 is 9.13 Å². The molecule has 3 aromatic rings. The van der Waals surface area contributed by atoms with Crippen LogP contribution in [0.3, 0.4) is 0 Å². The summed E-state index contributed by atoms with van der Waals surface area (Å²) in [5.41, 5.74) is 2.36. The van der Waals surface area contributed by atoms with Gasteiger partial charge in [-0.15, -0.1) is 11.3 Å². The molecule has 26 heavy (non-hydrogen) atoms. The first kappa shape index (κ1) is 18.5. The van der Waals surface area contributed by atoms with Crippen LogP contribution in [0.4, 0.5) is 10.1 Å². The Morgan fingerprint density at radius 1 is 1.27 bits per heavy atom. The van der Waals surface area contributed by atoms with Crippen LogP contribution in [0.25, 0.3) is 4.96 Å². The van der Waals surface area contributed by atoms with Crippen molar-refractivity contribution in [3.63, 3.8) is 0 Å². The molecule has 0 atom stereocenters. The van der Waals surface area contributed by atoms with Gasteiger partial charge in [0.15, 0.2) is 4.96 Å². The normalized spacial score (nSPS) is 11.2. The lowest BCUT2D eigenvalue weighted by Crippen LogP contribution is -2.25. The van der Waals surface area contributed by atoms with Gasteiger partial charge in [0.25, 0.3) is 5.56 Å². The maximum Gasteiger partial charge on any atom is 0.259 e. The van der Waals surface area contributed by atoms with Gasteiger partial charge in [-0.2, -0.15) is 0 Å². The first-order valence-electron chi connectivity index (χ1n) is 8.62. The number of aromatic nitrogens is 2. The van der Waals surface area contributed by atoms with Gasteiger partial charge in [0.2, 0.25) is 0 Å². The molecule has 138 valence electrons. The van der Waals surface area contributed by atoms with Crippen LogP contribution in [0.1, 0.15) is 30.1 Å². The van der Waals surface area contributed by atoms with Crippen molar-refractivity contribution in [1.29, 1.82) is 0 Å². The molecule has 3 rings (SSSR count). The third-order valence-electron chi connectivity index (χ3n) is 4.23. The third kappa shape index (κ3) is 3.78. The summed E-state index contributed by atoms with van der Waals surface area (Å²) in [5, 5.41) is 0. The smallest absolute Gasteiger partial charge is 0.259 e. The van der Waals surface area contributed by atoms with Gasteiger partial charge < -0.3 is 9.64 Å². The van der Waals surface area contributed by atoms with Gasteiger partial charge in [0.05, 0.1) is 24.5 Å². The minimum Gasteiger partial charge on any atom is -0.375 e. The third-order valence-corrected chi connectivity index (χ3v) is 5.23. The standard InChI is InChI=1S/C19H22FN3O2S/c1-4-22(16-8-6-14(20)7-9-16)11-15-10-18(24)23-17(12-25-5-2)13(3)26-19(23)21-15/h6-10H,4-5,11-12H2,1-3H3. The van der Waals surface area contributed by atoms with E-state index in [1.807, 2.05) is 20.8 Å². The second-order valence-electron chi connectivity index (χ2n) is 5.94. The van der Waals surface area contributed by atoms with Gasteiger partial charge >= 0.3 is 0 Å². The highest BCUT2D eigenvalue weighted by Crippen LogP contribution is 2.22. The van der Waals surface area contributed by atoms with Crippen molar-refractivity contribution in [3.05, 3.63) is 62.8 Å². The number of hydrogen-bond donors (Lipinski definition) is 0. The van der Waals surface area contributed by atoms with E-state index in [1.54, 1.807) is 22.6 Å². The fourth-order valence-electron chi connectivity index (χ4n) is 2.86. The van der Waals surface area contributed by atoms with E-state index in [0.717, 1.165) is 22.8 Å². The lowest BCUT2D eigenvalue weighted by Gasteiger charge is -2.22. The van der Waals surface area contributed by atoms with Gasteiger partial charge in [-0.3, -0.25) is 9.20 Å². The van der Waals surface area contributed by atoms with Crippen LogP contribution in [0.15, 0.2) is 35.1 Å². The fourth-order valence-corrected chi connectivity index (χ4v) is 3.85. The summed E-state index contributed by atoms with van der Waals surface area (Å²) in [6.45, 7) is 8.14. The quantitative estimate of drug-likeness (QED) is 0.631. The van der Waals surface area contributed by atoms with Crippen LogP contribution >= 0.6 is 11.3 Å². The molecule has 0 aliphatic rings. The van der Waals surface area contributed by atoms with Crippen LogP contribution in [0.2, 0.25) is 0 Å². The molecule has 0 aliphatic heterocycles. The highest BCUT2D eigenvalue weighted by molar-refractivity contribution is 7.17. The number of aryl methyl sites for hydroxylation is 1. The molecule has 7 heteroatoms. The van der Waals surface area contributed by atoms with E-state index < -0.39 is 0 Å². The van der Waals surface area contributed by atoms with Crippen molar-refractivity contribution in [2.24, 2.45) is 0 Å². The molecular weight excluding hydrogens is 353 g/mol. The largest absolute Gasteiger partial charge is 0.375 e. The Labute approximate surface area is 155 Å². The van der Waals surface area contributed by atoms with Crippen LogP contribution in [-0.4, -0.2) is 22.5 Å². The highest BCUT2D eigenvalue weighted by atomic mass is 32.1.